The molecule has 1 aliphatic rings. The average molecular weight is 250 g/mol. The van der Waals surface area contributed by atoms with Crippen molar-refractivity contribution in [2.75, 3.05) is 13.2 Å². The smallest absolute Gasteiger partial charge is 0.338 e. The Morgan fingerprint density at radius 2 is 2.22 bits per heavy atom. The van der Waals surface area contributed by atoms with Gasteiger partial charge in [-0.05, 0) is 31.9 Å². The fraction of sp³-hybridized carbons (Fsp3) is 0.500. The number of carbonyl (C=O) groups excluding carboxylic acids is 1. The van der Waals surface area contributed by atoms with Crippen molar-refractivity contribution in [3.63, 3.8) is 0 Å². The number of ether oxygens (including phenoxy) is 2. The summed E-state index contributed by atoms with van der Waals surface area (Å²) in [5, 5.41) is 9.02. The molecule has 1 saturated heterocycles. The summed E-state index contributed by atoms with van der Waals surface area (Å²) in [7, 11) is 0. The van der Waals surface area contributed by atoms with E-state index in [-0.39, 0.29) is 25.3 Å². The largest absolute Gasteiger partial charge is 0.459 e. The van der Waals surface area contributed by atoms with Gasteiger partial charge in [0, 0.05) is 0 Å². The van der Waals surface area contributed by atoms with Crippen LogP contribution >= 0.6 is 0 Å². The molecule has 0 amide bonds. The van der Waals surface area contributed by atoms with Crippen molar-refractivity contribution in [3.05, 3.63) is 35.9 Å². The number of esters is 1. The van der Waals surface area contributed by atoms with Crippen LogP contribution in [0.1, 0.15) is 30.1 Å². The van der Waals surface area contributed by atoms with Gasteiger partial charge in [0.05, 0.1) is 23.9 Å². The summed E-state index contributed by atoms with van der Waals surface area (Å²) in [6.45, 7) is 2.14. The molecule has 0 aromatic heterocycles. The van der Waals surface area contributed by atoms with E-state index in [4.69, 9.17) is 14.6 Å². The molecule has 4 nitrogen and oxygen atoms in total. The topological polar surface area (TPSA) is 55.8 Å². The molecule has 0 aliphatic carbocycles. The van der Waals surface area contributed by atoms with Crippen LogP contribution in [0.2, 0.25) is 0 Å². The zero-order valence-corrected chi connectivity index (χ0v) is 10.5. The van der Waals surface area contributed by atoms with E-state index in [1.165, 1.54) is 0 Å². The summed E-state index contributed by atoms with van der Waals surface area (Å²) in [6, 6.07) is 8.88. The van der Waals surface area contributed by atoms with Crippen LogP contribution in [-0.2, 0) is 9.47 Å². The lowest BCUT2D eigenvalue weighted by atomic mass is 10.0. The number of aliphatic hydroxyl groups is 1. The van der Waals surface area contributed by atoms with Crippen molar-refractivity contribution in [2.45, 2.75) is 31.5 Å². The first-order valence-electron chi connectivity index (χ1n) is 6.14. The van der Waals surface area contributed by atoms with Gasteiger partial charge in [-0.1, -0.05) is 18.2 Å². The summed E-state index contributed by atoms with van der Waals surface area (Å²) in [5.41, 5.74) is 0.0653. The number of rotatable bonds is 4. The van der Waals surface area contributed by atoms with Crippen LogP contribution in [0.3, 0.4) is 0 Å². The van der Waals surface area contributed by atoms with E-state index in [0.29, 0.717) is 5.56 Å². The number of carbonyl (C=O) groups is 1. The molecule has 4 heteroatoms. The van der Waals surface area contributed by atoms with Gasteiger partial charge in [-0.15, -0.1) is 0 Å². The lowest BCUT2D eigenvalue weighted by Gasteiger charge is -2.24. The van der Waals surface area contributed by atoms with E-state index in [0.717, 1.165) is 12.8 Å². The van der Waals surface area contributed by atoms with Crippen LogP contribution in [0, 0.1) is 0 Å². The predicted molar refractivity (Wildman–Crippen MR) is 66.3 cm³/mol. The summed E-state index contributed by atoms with van der Waals surface area (Å²) < 4.78 is 10.9. The van der Waals surface area contributed by atoms with Gasteiger partial charge < -0.3 is 14.6 Å². The van der Waals surface area contributed by atoms with E-state index in [9.17, 15) is 4.79 Å². The molecule has 0 saturated carbocycles. The molecule has 1 fully saturated rings. The Morgan fingerprint density at radius 1 is 1.50 bits per heavy atom. The Kier molecular flexibility index (Phi) is 3.99. The van der Waals surface area contributed by atoms with Gasteiger partial charge in [-0.25, -0.2) is 4.79 Å². The Labute approximate surface area is 107 Å². The van der Waals surface area contributed by atoms with Gasteiger partial charge in [0.1, 0.15) is 6.61 Å². The zero-order valence-electron chi connectivity index (χ0n) is 10.5. The van der Waals surface area contributed by atoms with Gasteiger partial charge >= 0.3 is 5.97 Å². The fourth-order valence-corrected chi connectivity index (χ4v) is 2.10. The molecule has 0 radical (unpaired) electrons. The Hall–Kier alpha value is -1.39. The molecule has 0 spiro atoms. The molecule has 1 aliphatic heterocycles. The minimum absolute atomic E-state index is 0.0161. The Balaban J connectivity index is 1.87. The van der Waals surface area contributed by atoms with Crippen LogP contribution < -0.4 is 0 Å². The van der Waals surface area contributed by atoms with Crippen LogP contribution in [0.15, 0.2) is 30.3 Å². The molecule has 2 rings (SSSR count). The maximum atomic E-state index is 11.8. The van der Waals surface area contributed by atoms with E-state index in [2.05, 4.69) is 0 Å². The second-order valence-electron chi connectivity index (χ2n) is 4.85. The number of benzene rings is 1. The van der Waals surface area contributed by atoms with Crippen molar-refractivity contribution < 1.29 is 19.4 Å². The number of hydrogen-bond donors (Lipinski definition) is 1. The minimum Gasteiger partial charge on any atom is -0.459 e. The Bertz CT molecular complexity index is 404. The van der Waals surface area contributed by atoms with Crippen molar-refractivity contribution in [3.8, 4) is 0 Å². The van der Waals surface area contributed by atoms with Gasteiger partial charge in [0.15, 0.2) is 0 Å². The molecule has 0 bridgehead atoms. The maximum absolute atomic E-state index is 11.8. The zero-order chi connectivity index (χ0) is 13.0. The van der Waals surface area contributed by atoms with E-state index in [1.807, 2.05) is 13.0 Å². The van der Waals surface area contributed by atoms with Crippen LogP contribution in [0.5, 0.6) is 0 Å². The highest BCUT2D eigenvalue weighted by Gasteiger charge is 2.36. The first-order chi connectivity index (χ1) is 8.63. The SMILES string of the molecule is CC1(COC(=O)c2ccccc2)CCC(CO)O1. The summed E-state index contributed by atoms with van der Waals surface area (Å²) >= 11 is 0. The molecule has 2 atom stereocenters. The molecule has 1 N–H and O–H groups in total. The highest BCUT2D eigenvalue weighted by molar-refractivity contribution is 5.89. The van der Waals surface area contributed by atoms with E-state index >= 15 is 0 Å². The number of hydrogen-bond acceptors (Lipinski definition) is 4. The first kappa shape index (κ1) is 13.1. The third-order valence-corrected chi connectivity index (χ3v) is 3.17. The van der Waals surface area contributed by atoms with Crippen molar-refractivity contribution in [1.29, 1.82) is 0 Å². The normalized spacial score (nSPS) is 27.1. The molecule has 1 heterocycles. The first-order valence-corrected chi connectivity index (χ1v) is 6.14. The van der Waals surface area contributed by atoms with Crippen molar-refractivity contribution >= 4 is 5.97 Å². The second kappa shape index (κ2) is 5.50. The Morgan fingerprint density at radius 3 is 2.83 bits per heavy atom. The third-order valence-electron chi connectivity index (χ3n) is 3.17. The molecule has 1 aromatic rings. The summed E-state index contributed by atoms with van der Waals surface area (Å²) in [5.74, 6) is -0.340. The molecule has 98 valence electrons. The van der Waals surface area contributed by atoms with Gasteiger partial charge in [-0.3, -0.25) is 0 Å². The quantitative estimate of drug-likeness (QED) is 0.827. The molecule has 2 unspecified atom stereocenters. The minimum atomic E-state index is -0.474. The van der Waals surface area contributed by atoms with Crippen LogP contribution in [-0.4, -0.2) is 36.0 Å². The second-order valence-corrected chi connectivity index (χ2v) is 4.85. The number of aliphatic hydroxyl groups excluding tert-OH is 1. The molecular formula is C14H18O4. The average Bonchev–Trinajstić information content (AvgIpc) is 2.79. The van der Waals surface area contributed by atoms with Crippen LogP contribution in [0.25, 0.3) is 0 Å². The highest BCUT2D eigenvalue weighted by Crippen LogP contribution is 2.30. The predicted octanol–water partition coefficient (Wildman–Crippen LogP) is 1.77. The maximum Gasteiger partial charge on any atom is 0.338 e. The molecular weight excluding hydrogens is 232 g/mol. The van der Waals surface area contributed by atoms with Gasteiger partial charge in [0.2, 0.25) is 0 Å². The lowest BCUT2D eigenvalue weighted by Crippen LogP contribution is -2.33. The summed E-state index contributed by atoms with van der Waals surface area (Å²) in [6.07, 6.45) is 1.46. The standard InChI is InChI=1S/C14H18O4/c1-14(8-7-12(9-15)18-14)10-17-13(16)11-5-3-2-4-6-11/h2-6,12,15H,7-10H2,1H3. The highest BCUT2D eigenvalue weighted by atomic mass is 16.6. The summed E-state index contributed by atoms with van der Waals surface area (Å²) in [4.78, 5) is 11.8. The molecule has 1 aromatic carbocycles. The fourth-order valence-electron chi connectivity index (χ4n) is 2.10. The van der Waals surface area contributed by atoms with Gasteiger partial charge in [-0.2, -0.15) is 0 Å². The van der Waals surface area contributed by atoms with Crippen molar-refractivity contribution in [2.24, 2.45) is 0 Å². The molecule has 18 heavy (non-hydrogen) atoms. The van der Waals surface area contributed by atoms with E-state index in [1.54, 1.807) is 24.3 Å². The van der Waals surface area contributed by atoms with Crippen molar-refractivity contribution in [1.82, 2.24) is 0 Å². The third kappa shape index (κ3) is 3.09. The van der Waals surface area contributed by atoms with Crippen LogP contribution in [0.4, 0.5) is 0 Å². The van der Waals surface area contributed by atoms with Gasteiger partial charge in [0.25, 0.3) is 0 Å². The van der Waals surface area contributed by atoms with E-state index < -0.39 is 5.60 Å². The monoisotopic (exact) mass is 250 g/mol. The lowest BCUT2D eigenvalue weighted by molar-refractivity contribution is -0.0798.